The van der Waals surface area contributed by atoms with Crippen molar-refractivity contribution >= 4 is 5.78 Å². The van der Waals surface area contributed by atoms with E-state index in [1.807, 2.05) is 6.92 Å². The van der Waals surface area contributed by atoms with E-state index in [-0.39, 0.29) is 18.6 Å². The maximum absolute atomic E-state index is 11.4. The van der Waals surface area contributed by atoms with Gasteiger partial charge in [0.15, 0.2) is 0 Å². The van der Waals surface area contributed by atoms with Gasteiger partial charge in [0.1, 0.15) is 5.78 Å². The van der Waals surface area contributed by atoms with Crippen molar-refractivity contribution in [1.82, 2.24) is 0 Å². The largest absolute Gasteiger partial charge is 0.522 e. The number of Topliss-reactive ketones (excluding diaryl/α,β-unsaturated/α-hetero) is 1. The Hall–Kier alpha value is -0.580. The molecule has 0 aromatic carbocycles. The molecule has 0 fully saturated rings. The quantitative estimate of drug-likeness (QED) is 0.613. The van der Waals surface area contributed by atoms with Crippen LogP contribution in [0.25, 0.3) is 0 Å². The fourth-order valence-electron chi connectivity index (χ4n) is 0.861. The average Bonchev–Trinajstić information content (AvgIpc) is 1.97. The van der Waals surface area contributed by atoms with Gasteiger partial charge in [-0.15, -0.1) is 13.2 Å². The van der Waals surface area contributed by atoms with Gasteiger partial charge in [-0.2, -0.15) is 0 Å². The first kappa shape index (κ1) is 12.4. The molecule has 0 aliphatic heterocycles. The Morgan fingerprint density at radius 3 is 2.38 bits per heavy atom. The van der Waals surface area contributed by atoms with Gasteiger partial charge in [0.25, 0.3) is 0 Å². The Labute approximate surface area is 75.1 Å². The maximum atomic E-state index is 11.4. The van der Waals surface area contributed by atoms with Crippen LogP contribution in [0.3, 0.4) is 0 Å². The highest BCUT2D eigenvalue weighted by Gasteiger charge is 2.28. The molecule has 0 radical (unpaired) electrons. The summed E-state index contributed by atoms with van der Waals surface area (Å²) in [5.41, 5.74) is 0. The van der Waals surface area contributed by atoms with Crippen LogP contribution < -0.4 is 0 Å². The summed E-state index contributed by atoms with van der Waals surface area (Å²) in [6.07, 6.45) is -3.10. The molecular formula is C8H13F3O2. The number of rotatable bonds is 6. The number of hydrogen-bond donors (Lipinski definition) is 0. The van der Waals surface area contributed by atoms with Crippen molar-refractivity contribution in [3.8, 4) is 0 Å². The molecule has 0 rings (SSSR count). The lowest BCUT2D eigenvalue weighted by Crippen LogP contribution is -2.14. The molecule has 2 nitrogen and oxygen atoms in total. The minimum atomic E-state index is -4.58. The van der Waals surface area contributed by atoms with Crippen molar-refractivity contribution in [2.45, 2.75) is 39.0 Å². The molecule has 0 heterocycles. The van der Waals surface area contributed by atoms with Gasteiger partial charge in [0, 0.05) is 12.8 Å². The van der Waals surface area contributed by atoms with Crippen LogP contribution in [-0.2, 0) is 9.53 Å². The lowest BCUT2D eigenvalue weighted by atomic mass is 10.1. The van der Waals surface area contributed by atoms with E-state index in [0.29, 0.717) is 6.42 Å². The summed E-state index contributed by atoms with van der Waals surface area (Å²) < 4.78 is 37.8. The Morgan fingerprint density at radius 1 is 1.31 bits per heavy atom. The van der Waals surface area contributed by atoms with Crippen LogP contribution in [0.5, 0.6) is 0 Å². The Morgan fingerprint density at radius 2 is 1.92 bits per heavy atom. The summed E-state index contributed by atoms with van der Waals surface area (Å²) >= 11 is 0. The molecule has 0 unspecified atom stereocenters. The molecule has 0 spiro atoms. The molecule has 0 amide bonds. The molecule has 0 aromatic rings. The molecule has 0 saturated heterocycles. The fraction of sp³-hybridized carbons (Fsp3) is 0.875. The molecule has 0 saturated carbocycles. The molecule has 78 valence electrons. The zero-order valence-electron chi connectivity index (χ0n) is 7.49. The molecule has 0 aliphatic carbocycles. The van der Waals surface area contributed by atoms with Crippen LogP contribution in [0, 0.1) is 0 Å². The van der Waals surface area contributed by atoms with Crippen molar-refractivity contribution in [3.63, 3.8) is 0 Å². The summed E-state index contributed by atoms with van der Waals surface area (Å²) in [5, 5.41) is 0. The van der Waals surface area contributed by atoms with E-state index < -0.39 is 13.0 Å². The van der Waals surface area contributed by atoms with Crippen LogP contribution >= 0.6 is 0 Å². The third-order valence-electron chi connectivity index (χ3n) is 1.39. The van der Waals surface area contributed by atoms with Crippen molar-refractivity contribution in [3.05, 3.63) is 0 Å². The summed E-state index contributed by atoms with van der Waals surface area (Å²) in [4.78, 5) is 10.8. The van der Waals surface area contributed by atoms with Gasteiger partial charge in [0.05, 0.1) is 6.61 Å². The normalized spacial score (nSPS) is 11.7. The number of hydrogen-bond acceptors (Lipinski definition) is 2. The van der Waals surface area contributed by atoms with Gasteiger partial charge in [0.2, 0.25) is 0 Å². The maximum Gasteiger partial charge on any atom is 0.522 e. The SMILES string of the molecule is CCCC(=O)CCCOC(F)(F)F. The molecule has 5 heteroatoms. The Kier molecular flexibility index (Phi) is 5.70. The lowest BCUT2D eigenvalue weighted by Gasteiger charge is -2.06. The van der Waals surface area contributed by atoms with Crippen molar-refractivity contribution < 1.29 is 22.7 Å². The van der Waals surface area contributed by atoms with E-state index in [2.05, 4.69) is 4.74 Å². The van der Waals surface area contributed by atoms with Crippen molar-refractivity contribution in [2.24, 2.45) is 0 Å². The minimum absolute atomic E-state index is 0.00623. The van der Waals surface area contributed by atoms with Gasteiger partial charge in [-0.05, 0) is 12.8 Å². The second-order valence-corrected chi connectivity index (χ2v) is 2.69. The second-order valence-electron chi connectivity index (χ2n) is 2.69. The van der Waals surface area contributed by atoms with E-state index in [1.54, 1.807) is 0 Å². The van der Waals surface area contributed by atoms with Gasteiger partial charge >= 0.3 is 6.36 Å². The van der Waals surface area contributed by atoms with E-state index >= 15 is 0 Å². The van der Waals surface area contributed by atoms with Gasteiger partial charge < -0.3 is 0 Å². The minimum Gasteiger partial charge on any atom is -0.300 e. The molecule has 0 N–H and O–H groups in total. The van der Waals surface area contributed by atoms with E-state index in [0.717, 1.165) is 6.42 Å². The first-order valence-electron chi connectivity index (χ1n) is 4.18. The standard InChI is InChI=1S/C8H13F3O2/c1-2-4-7(12)5-3-6-13-8(9,10)11/h2-6H2,1H3. The smallest absolute Gasteiger partial charge is 0.300 e. The van der Waals surface area contributed by atoms with Crippen LogP contribution in [-0.4, -0.2) is 18.8 Å². The number of ketones is 1. The van der Waals surface area contributed by atoms with Crippen LogP contribution in [0.2, 0.25) is 0 Å². The monoisotopic (exact) mass is 198 g/mol. The highest BCUT2D eigenvalue weighted by atomic mass is 19.4. The topological polar surface area (TPSA) is 26.3 Å². The predicted octanol–water partition coefficient (Wildman–Crippen LogP) is 2.67. The third-order valence-corrected chi connectivity index (χ3v) is 1.39. The van der Waals surface area contributed by atoms with Crippen LogP contribution in [0.1, 0.15) is 32.6 Å². The van der Waals surface area contributed by atoms with Crippen molar-refractivity contribution in [2.75, 3.05) is 6.61 Å². The van der Waals surface area contributed by atoms with E-state index in [4.69, 9.17) is 0 Å². The first-order chi connectivity index (χ1) is 5.95. The number of carbonyl (C=O) groups excluding carboxylic acids is 1. The zero-order valence-corrected chi connectivity index (χ0v) is 7.49. The predicted molar refractivity (Wildman–Crippen MR) is 41.2 cm³/mol. The molecule has 0 bridgehead atoms. The lowest BCUT2D eigenvalue weighted by molar-refractivity contribution is -0.324. The second kappa shape index (κ2) is 5.96. The summed E-state index contributed by atoms with van der Waals surface area (Å²) in [6.45, 7) is 1.42. The number of ether oxygens (including phenoxy) is 1. The fourth-order valence-corrected chi connectivity index (χ4v) is 0.861. The molecule has 13 heavy (non-hydrogen) atoms. The highest BCUT2D eigenvalue weighted by molar-refractivity contribution is 5.78. The number of halogens is 3. The number of carbonyl (C=O) groups is 1. The highest BCUT2D eigenvalue weighted by Crippen LogP contribution is 2.16. The first-order valence-corrected chi connectivity index (χ1v) is 4.18. The Balaban J connectivity index is 3.31. The molecule has 0 atom stereocenters. The molecular weight excluding hydrogens is 185 g/mol. The van der Waals surface area contributed by atoms with Crippen LogP contribution in [0.4, 0.5) is 13.2 Å². The van der Waals surface area contributed by atoms with E-state index in [9.17, 15) is 18.0 Å². The van der Waals surface area contributed by atoms with Crippen LogP contribution in [0.15, 0.2) is 0 Å². The molecule has 0 aliphatic rings. The Bertz CT molecular complexity index is 154. The zero-order chi connectivity index (χ0) is 10.3. The van der Waals surface area contributed by atoms with Gasteiger partial charge in [-0.1, -0.05) is 6.92 Å². The summed E-state index contributed by atoms with van der Waals surface area (Å²) in [7, 11) is 0. The van der Waals surface area contributed by atoms with E-state index in [1.165, 1.54) is 0 Å². The van der Waals surface area contributed by atoms with Gasteiger partial charge in [-0.3, -0.25) is 9.53 Å². The average molecular weight is 198 g/mol. The number of alkyl halides is 3. The summed E-state index contributed by atoms with van der Waals surface area (Å²) in [6, 6.07) is 0. The summed E-state index contributed by atoms with van der Waals surface area (Å²) in [5.74, 6) is -0.00623. The molecule has 0 aromatic heterocycles. The van der Waals surface area contributed by atoms with Gasteiger partial charge in [-0.25, -0.2) is 0 Å². The third kappa shape index (κ3) is 9.33. The van der Waals surface area contributed by atoms with Crippen molar-refractivity contribution in [1.29, 1.82) is 0 Å².